The van der Waals surface area contributed by atoms with Crippen LogP contribution < -0.4 is 35.6 Å². The number of piperazine rings is 1. The number of rotatable bonds is 31. The number of aromatic amines is 1. The van der Waals surface area contributed by atoms with Crippen LogP contribution in [0.5, 0.6) is 11.5 Å². The summed E-state index contributed by atoms with van der Waals surface area (Å²) >= 11 is 6.34. The number of methoxy groups -OCH3 is 1. The number of piperidine rings is 1. The summed E-state index contributed by atoms with van der Waals surface area (Å²) in [5.74, 6) is 1.71. The molecule has 2 unspecified atom stereocenters. The largest absolute Gasteiger partial charge is 0.497 e. The number of unbranched alkanes of at least 4 members (excludes halogenated alkanes) is 4. The van der Waals surface area contributed by atoms with Gasteiger partial charge in [-0.05, 0) is 159 Å². The zero-order valence-corrected chi connectivity index (χ0v) is 54.2. The third kappa shape index (κ3) is 21.3. The summed E-state index contributed by atoms with van der Waals surface area (Å²) in [7, 11) is 1.60. The highest BCUT2D eigenvalue weighted by Gasteiger charge is 2.45. The number of fused-ring (bicyclic) bond motifs is 1. The number of benzene rings is 3. The van der Waals surface area contributed by atoms with Gasteiger partial charge in [-0.25, -0.2) is 19.6 Å². The second kappa shape index (κ2) is 33.3. The number of hydrogen-bond acceptors (Lipinski definition) is 14. The SMILES string of the molecule is CCOc1cc(OC)ccc1CN(CCC(CCCNC=O)c1cccc(C(=O)NCCCCCCCC(=O)N2CCN(CCC(NC(=O)C3(NC(=O)OC(C)(C)C)CCN(c4ncnc5[nH]ccc45)CC3)c3ccc(Cl)cc3)CC2)c1)C(=O)OC(C)(C)C. The Morgan fingerprint density at radius 1 is 0.798 bits per heavy atom. The Morgan fingerprint density at radius 3 is 2.24 bits per heavy atom. The monoisotopic (exact) mass is 1250 g/mol. The Bertz CT molecular complexity index is 3090. The van der Waals surface area contributed by atoms with Gasteiger partial charge in [-0.2, -0.15) is 0 Å². The molecule has 0 spiro atoms. The number of hydrogen-bond donors (Lipinski definition) is 5. The number of halogens is 1. The lowest BCUT2D eigenvalue weighted by Gasteiger charge is -2.42. The van der Waals surface area contributed by atoms with Crippen LogP contribution in [0.15, 0.2) is 85.3 Å². The van der Waals surface area contributed by atoms with Crippen LogP contribution in [0.25, 0.3) is 11.0 Å². The number of H-pyrrole nitrogens is 1. The van der Waals surface area contributed by atoms with E-state index in [2.05, 4.69) is 46.0 Å². The summed E-state index contributed by atoms with van der Waals surface area (Å²) in [6.07, 6.45) is 11.0. The Balaban J connectivity index is 0.845. The van der Waals surface area contributed by atoms with Crippen molar-refractivity contribution < 1.29 is 47.7 Å². The van der Waals surface area contributed by atoms with E-state index >= 15 is 0 Å². The number of anilines is 1. The highest BCUT2D eigenvalue weighted by atomic mass is 35.5. The third-order valence-electron chi connectivity index (χ3n) is 16.2. The molecule has 0 bridgehead atoms. The molecule has 2 aliphatic rings. The normalized spacial score (nSPS) is 15.1. The van der Waals surface area contributed by atoms with E-state index in [0.29, 0.717) is 145 Å². The molecule has 2 aliphatic heterocycles. The van der Waals surface area contributed by atoms with Crippen molar-refractivity contribution in [2.24, 2.45) is 0 Å². The first-order valence-corrected chi connectivity index (χ1v) is 32.0. The van der Waals surface area contributed by atoms with E-state index in [-0.39, 0.29) is 30.2 Å². The second-order valence-electron chi connectivity index (χ2n) is 25.1. The van der Waals surface area contributed by atoms with E-state index in [4.69, 9.17) is 30.5 Å². The summed E-state index contributed by atoms with van der Waals surface area (Å²) in [5.41, 5.74) is 1.23. The number of aromatic nitrogens is 3. The molecule has 7 rings (SSSR count). The first-order chi connectivity index (χ1) is 42.7. The molecule has 0 saturated carbocycles. The van der Waals surface area contributed by atoms with Crippen LogP contribution in [0.1, 0.15) is 165 Å². The van der Waals surface area contributed by atoms with Gasteiger partial charge < -0.3 is 59.9 Å². The van der Waals surface area contributed by atoms with Gasteiger partial charge in [0.1, 0.15) is 46.0 Å². The fraction of sp³-hybridized carbons (Fsp3) is 0.552. The van der Waals surface area contributed by atoms with Gasteiger partial charge in [0.15, 0.2) is 0 Å². The lowest BCUT2D eigenvalue weighted by molar-refractivity contribution is -0.133. The van der Waals surface area contributed by atoms with Gasteiger partial charge in [0, 0.05) is 100 Å². The van der Waals surface area contributed by atoms with Crippen LogP contribution in [0, 0.1) is 0 Å². The maximum Gasteiger partial charge on any atom is 0.410 e. The van der Waals surface area contributed by atoms with Crippen molar-refractivity contribution in [3.05, 3.63) is 113 Å². The Kier molecular flexibility index (Phi) is 25.7. The van der Waals surface area contributed by atoms with Crippen LogP contribution in [0.2, 0.25) is 5.02 Å². The molecule has 0 radical (unpaired) electrons. The standard InChI is InChI=1S/C67H94ClN11O10/c1-9-87-57-44-54(86-8)26-23-52(57)45-79(64(85)89-66(5,6)7)36-28-48(19-16-32-69-47-80)50-17-15-18-51(43-50)61(82)71-33-14-12-10-11-13-20-58(81)77-41-39-76(40-42-77)35-29-56(49-21-24-53(68)25-22-49)74-62(83)67(75-63(84)88-65(2,3)4)30-37-78(38-31-67)60-55-27-34-70-59(55)72-46-73-60/h15,17-18,21-27,34,43-44,46-48,56H,9-14,16,19-20,28-33,35-42,45H2,1-8H3,(H,69,80)(H,71,82)(H,74,83)(H,75,84)(H,70,72,73). The topological polar surface area (TPSA) is 242 Å². The molecule has 6 amide bonds. The molecule has 89 heavy (non-hydrogen) atoms. The quantitative estimate of drug-likeness (QED) is 0.0205. The van der Waals surface area contributed by atoms with E-state index < -0.39 is 35.0 Å². The van der Waals surface area contributed by atoms with Crippen LogP contribution in [0.4, 0.5) is 15.4 Å². The molecule has 5 aromatic rings. The van der Waals surface area contributed by atoms with Gasteiger partial charge in [-0.3, -0.25) is 24.1 Å². The molecule has 3 aromatic carbocycles. The second-order valence-corrected chi connectivity index (χ2v) is 25.6. The van der Waals surface area contributed by atoms with E-state index in [1.807, 2.05) is 112 Å². The average molecular weight is 1250 g/mol. The maximum absolute atomic E-state index is 14.7. The van der Waals surface area contributed by atoms with Gasteiger partial charge >= 0.3 is 12.2 Å². The smallest absolute Gasteiger partial charge is 0.410 e. The van der Waals surface area contributed by atoms with E-state index in [1.54, 1.807) is 32.8 Å². The van der Waals surface area contributed by atoms with Gasteiger partial charge in [-0.1, -0.05) is 55.1 Å². The summed E-state index contributed by atoms with van der Waals surface area (Å²) < 4.78 is 23.0. The summed E-state index contributed by atoms with van der Waals surface area (Å²) in [4.78, 5) is 100. The number of nitrogens with zero attached hydrogens (tertiary/aromatic N) is 6. The molecule has 22 heteroatoms. The molecule has 484 valence electrons. The molecule has 5 N–H and O–H groups in total. The first kappa shape index (κ1) is 68.8. The minimum atomic E-state index is -1.26. The van der Waals surface area contributed by atoms with E-state index in [9.17, 15) is 28.8 Å². The predicted octanol–water partition coefficient (Wildman–Crippen LogP) is 10.5. The fourth-order valence-corrected chi connectivity index (χ4v) is 11.6. The average Bonchev–Trinajstić information content (AvgIpc) is 2.13. The fourth-order valence-electron chi connectivity index (χ4n) is 11.4. The van der Waals surface area contributed by atoms with Crippen LogP contribution in [0.3, 0.4) is 0 Å². The Hall–Kier alpha value is -7.65. The van der Waals surface area contributed by atoms with Crippen molar-refractivity contribution in [2.45, 2.75) is 161 Å². The van der Waals surface area contributed by atoms with Gasteiger partial charge in [-0.15, -0.1) is 0 Å². The number of carbonyl (C=O) groups is 6. The zero-order valence-electron chi connectivity index (χ0n) is 53.4. The van der Waals surface area contributed by atoms with Crippen molar-refractivity contribution >= 4 is 64.8 Å². The van der Waals surface area contributed by atoms with E-state index in [0.717, 1.165) is 65.6 Å². The number of carbonyl (C=O) groups excluding carboxylic acids is 6. The van der Waals surface area contributed by atoms with Crippen LogP contribution >= 0.6 is 11.6 Å². The zero-order chi connectivity index (χ0) is 64.0. The number of alkyl carbamates (subject to hydrolysis) is 1. The minimum absolute atomic E-state index is 0.0323. The number of nitrogens with one attached hydrogen (secondary N) is 5. The Labute approximate surface area is 530 Å². The highest BCUT2D eigenvalue weighted by molar-refractivity contribution is 6.30. The molecule has 21 nitrogen and oxygen atoms in total. The molecule has 2 fully saturated rings. The molecular weight excluding hydrogens is 1150 g/mol. The van der Waals surface area contributed by atoms with Crippen molar-refractivity contribution in [3.63, 3.8) is 0 Å². The van der Waals surface area contributed by atoms with Gasteiger partial charge in [0.2, 0.25) is 18.2 Å². The van der Waals surface area contributed by atoms with Crippen molar-refractivity contribution in [2.75, 3.05) is 84.1 Å². The molecule has 0 aliphatic carbocycles. The van der Waals surface area contributed by atoms with Crippen LogP contribution in [-0.2, 0) is 30.4 Å². The van der Waals surface area contributed by atoms with E-state index in [1.165, 1.54) is 6.33 Å². The van der Waals surface area contributed by atoms with Gasteiger partial charge in [0.05, 0.1) is 31.7 Å². The first-order valence-electron chi connectivity index (χ1n) is 31.6. The third-order valence-corrected chi connectivity index (χ3v) is 16.5. The van der Waals surface area contributed by atoms with Crippen molar-refractivity contribution in [1.29, 1.82) is 0 Å². The molecule has 2 saturated heterocycles. The number of ether oxygens (including phenoxy) is 4. The highest BCUT2D eigenvalue weighted by Crippen LogP contribution is 2.33. The lowest BCUT2D eigenvalue weighted by atomic mass is 9.85. The van der Waals surface area contributed by atoms with Crippen molar-refractivity contribution in [3.8, 4) is 11.5 Å². The number of amides is 6. The lowest BCUT2D eigenvalue weighted by Crippen LogP contribution is -2.64. The summed E-state index contributed by atoms with van der Waals surface area (Å²) in [6.45, 7) is 19.1. The molecule has 2 atom stereocenters. The summed E-state index contributed by atoms with van der Waals surface area (Å²) in [6, 6.07) is 22.2. The van der Waals surface area contributed by atoms with Crippen molar-refractivity contribution in [1.82, 2.24) is 50.9 Å². The molecule has 4 heterocycles. The van der Waals surface area contributed by atoms with Gasteiger partial charge in [0.25, 0.3) is 5.91 Å². The molecule has 2 aromatic heterocycles. The van der Waals surface area contributed by atoms with Crippen LogP contribution in [-0.4, -0.2) is 162 Å². The predicted molar refractivity (Wildman–Crippen MR) is 345 cm³/mol. The Morgan fingerprint density at radius 2 is 1.53 bits per heavy atom. The molecular formula is C67H94ClN11O10. The summed E-state index contributed by atoms with van der Waals surface area (Å²) in [5, 5.41) is 13.7. The maximum atomic E-state index is 14.7. The minimum Gasteiger partial charge on any atom is -0.497 e.